The maximum absolute atomic E-state index is 12.0. The number of nitro groups is 1. The molecule has 148 valence electrons. The Balaban J connectivity index is 2.25. The third kappa shape index (κ3) is 5.43. The Morgan fingerprint density at radius 3 is 2.70 bits per heavy atom. The number of alkyl carbamates (subject to hydrolysis) is 1. The molecule has 1 aliphatic rings. The highest BCUT2D eigenvalue weighted by Gasteiger charge is 2.31. The van der Waals surface area contributed by atoms with Gasteiger partial charge >= 0.3 is 17.7 Å². The van der Waals surface area contributed by atoms with Crippen molar-refractivity contribution < 1.29 is 24.4 Å². The lowest BCUT2D eigenvalue weighted by molar-refractivity contribution is -0.384. The first kappa shape index (κ1) is 20.7. The van der Waals surface area contributed by atoms with Crippen molar-refractivity contribution in [2.24, 2.45) is 0 Å². The first-order valence-corrected chi connectivity index (χ1v) is 8.68. The number of anilines is 1. The highest BCUT2D eigenvalue weighted by Crippen LogP contribution is 2.36. The van der Waals surface area contributed by atoms with E-state index >= 15 is 0 Å². The molecule has 0 spiro atoms. The van der Waals surface area contributed by atoms with Gasteiger partial charge in [-0.25, -0.2) is 14.6 Å². The molecule has 0 saturated carbocycles. The Hall–Kier alpha value is -2.62. The van der Waals surface area contributed by atoms with Gasteiger partial charge < -0.3 is 20.1 Å². The molecule has 0 bridgehead atoms. The summed E-state index contributed by atoms with van der Waals surface area (Å²) >= 11 is 5.85. The summed E-state index contributed by atoms with van der Waals surface area (Å²) in [5.41, 5.74) is -1.43. The van der Waals surface area contributed by atoms with Gasteiger partial charge in [0, 0.05) is 25.2 Å². The Morgan fingerprint density at radius 1 is 1.48 bits per heavy atom. The molecule has 0 unspecified atom stereocenters. The predicted octanol–water partition coefficient (Wildman–Crippen LogP) is 2.83. The smallest absolute Gasteiger partial charge is 0.407 e. The molecule has 10 nitrogen and oxygen atoms in total. The van der Waals surface area contributed by atoms with Crippen molar-refractivity contribution >= 4 is 35.0 Å². The third-order valence-corrected chi connectivity index (χ3v) is 4.08. The van der Waals surface area contributed by atoms with Gasteiger partial charge in [0.05, 0.1) is 4.92 Å². The molecule has 27 heavy (non-hydrogen) atoms. The zero-order valence-corrected chi connectivity index (χ0v) is 15.9. The number of aromatic nitrogens is 1. The molecule has 11 heteroatoms. The number of nitrogens with one attached hydrogen (secondary N) is 1. The summed E-state index contributed by atoms with van der Waals surface area (Å²) in [6, 6.07) is 0.816. The Bertz CT molecular complexity index is 764. The van der Waals surface area contributed by atoms with E-state index in [1.807, 2.05) is 0 Å². The molecule has 1 fully saturated rings. The first-order chi connectivity index (χ1) is 12.5. The van der Waals surface area contributed by atoms with Crippen LogP contribution in [-0.2, 0) is 4.74 Å². The molecule has 2 heterocycles. The second-order valence-corrected chi connectivity index (χ2v) is 7.52. The molecular weight excluding hydrogens is 380 g/mol. The zero-order valence-electron chi connectivity index (χ0n) is 15.2. The number of carboxylic acids is 1. The van der Waals surface area contributed by atoms with E-state index in [9.17, 15) is 19.7 Å². The summed E-state index contributed by atoms with van der Waals surface area (Å²) in [4.78, 5) is 39.1. The molecule has 1 atom stereocenters. The zero-order chi connectivity index (χ0) is 20.4. The molecule has 1 aromatic heterocycles. The van der Waals surface area contributed by atoms with Crippen molar-refractivity contribution in [3.8, 4) is 0 Å². The van der Waals surface area contributed by atoms with E-state index in [2.05, 4.69) is 10.3 Å². The average molecular weight is 401 g/mol. The Morgan fingerprint density at radius 2 is 2.15 bits per heavy atom. The van der Waals surface area contributed by atoms with Gasteiger partial charge in [-0.3, -0.25) is 10.1 Å². The van der Waals surface area contributed by atoms with Crippen LogP contribution in [0.3, 0.4) is 0 Å². The van der Waals surface area contributed by atoms with Gasteiger partial charge in [-0.2, -0.15) is 0 Å². The summed E-state index contributed by atoms with van der Waals surface area (Å²) in [5, 5.41) is 22.8. The van der Waals surface area contributed by atoms with Crippen molar-refractivity contribution in [3.63, 3.8) is 0 Å². The van der Waals surface area contributed by atoms with Crippen molar-refractivity contribution in [1.29, 1.82) is 0 Å². The number of piperidine rings is 1. The predicted molar refractivity (Wildman–Crippen MR) is 97.5 cm³/mol. The number of ether oxygens (including phenoxy) is 1. The van der Waals surface area contributed by atoms with Crippen LogP contribution in [0.4, 0.5) is 16.2 Å². The van der Waals surface area contributed by atoms with Gasteiger partial charge in [0.25, 0.3) is 0 Å². The number of hydrogen-bond donors (Lipinski definition) is 2. The summed E-state index contributed by atoms with van der Waals surface area (Å²) in [6.07, 6.45) is 0.719. The van der Waals surface area contributed by atoms with Gasteiger partial charge in [-0.15, -0.1) is 0 Å². The second-order valence-electron chi connectivity index (χ2n) is 7.16. The molecular formula is C16H21ClN4O6. The standard InChI is InChI=1S/C16H21ClN4O6/c1-16(2,3)27-15(24)18-9-5-4-6-20(8-9)11-7-10(14(22)23)19-13(17)12(11)21(25)26/h7,9H,4-6,8H2,1-3H3,(H,18,24)(H,22,23)/t9-/m1/s1. The molecule has 0 radical (unpaired) electrons. The third-order valence-electron chi connectivity index (χ3n) is 3.81. The van der Waals surface area contributed by atoms with Crippen LogP contribution in [0.5, 0.6) is 0 Å². The number of carbonyl (C=O) groups is 2. The van der Waals surface area contributed by atoms with Gasteiger partial charge in [-0.05, 0) is 33.6 Å². The van der Waals surface area contributed by atoms with Gasteiger partial charge in [0.1, 0.15) is 11.3 Å². The molecule has 0 aliphatic carbocycles. The SMILES string of the molecule is CC(C)(C)OC(=O)N[C@@H]1CCCN(c2cc(C(=O)O)nc(Cl)c2[N+](=O)[O-])C1. The lowest BCUT2D eigenvalue weighted by atomic mass is 10.0. The summed E-state index contributed by atoms with van der Waals surface area (Å²) in [6.45, 7) is 5.94. The van der Waals surface area contributed by atoms with Crippen LogP contribution in [0.15, 0.2) is 6.07 Å². The number of pyridine rings is 1. The van der Waals surface area contributed by atoms with Crippen LogP contribution in [0.1, 0.15) is 44.1 Å². The van der Waals surface area contributed by atoms with Crippen molar-refractivity contribution in [3.05, 3.63) is 27.0 Å². The number of carbonyl (C=O) groups excluding carboxylic acids is 1. The number of halogens is 1. The number of carboxylic acid groups (broad SMARTS) is 1. The second kappa shape index (κ2) is 7.95. The van der Waals surface area contributed by atoms with Crippen LogP contribution < -0.4 is 10.2 Å². The van der Waals surface area contributed by atoms with Crippen LogP contribution in [0.2, 0.25) is 5.15 Å². The molecule has 0 aromatic carbocycles. The largest absolute Gasteiger partial charge is 0.477 e. The molecule has 2 rings (SSSR count). The summed E-state index contributed by atoms with van der Waals surface area (Å²) in [5.74, 6) is -1.34. The fourth-order valence-corrected chi connectivity index (χ4v) is 3.06. The summed E-state index contributed by atoms with van der Waals surface area (Å²) in [7, 11) is 0. The Labute approximate surface area is 160 Å². The molecule has 1 aromatic rings. The van der Waals surface area contributed by atoms with E-state index in [0.29, 0.717) is 19.4 Å². The number of aromatic carboxylic acids is 1. The topological polar surface area (TPSA) is 135 Å². The van der Waals surface area contributed by atoms with E-state index in [1.54, 1.807) is 25.7 Å². The fraction of sp³-hybridized carbons (Fsp3) is 0.562. The van der Waals surface area contributed by atoms with Crippen LogP contribution in [0.25, 0.3) is 0 Å². The van der Waals surface area contributed by atoms with E-state index in [4.69, 9.17) is 21.4 Å². The van der Waals surface area contributed by atoms with E-state index < -0.39 is 33.4 Å². The molecule has 1 saturated heterocycles. The number of nitrogens with zero attached hydrogens (tertiary/aromatic N) is 3. The molecule has 1 aliphatic heterocycles. The van der Waals surface area contributed by atoms with E-state index in [1.165, 1.54) is 0 Å². The highest BCUT2D eigenvalue weighted by molar-refractivity contribution is 6.32. The molecule has 1 amide bonds. The number of amides is 1. The Kier molecular flexibility index (Phi) is 6.09. The van der Waals surface area contributed by atoms with Gasteiger partial charge in [0.15, 0.2) is 5.69 Å². The average Bonchev–Trinajstić information content (AvgIpc) is 2.51. The number of hydrogen-bond acceptors (Lipinski definition) is 7. The normalized spacial score (nSPS) is 17.3. The van der Waals surface area contributed by atoms with E-state index in [-0.39, 0.29) is 24.0 Å². The van der Waals surface area contributed by atoms with Crippen molar-refractivity contribution in [2.45, 2.75) is 45.3 Å². The lowest BCUT2D eigenvalue weighted by Gasteiger charge is -2.34. The first-order valence-electron chi connectivity index (χ1n) is 8.30. The monoisotopic (exact) mass is 400 g/mol. The van der Waals surface area contributed by atoms with Crippen molar-refractivity contribution in [2.75, 3.05) is 18.0 Å². The van der Waals surface area contributed by atoms with Crippen LogP contribution >= 0.6 is 11.6 Å². The highest BCUT2D eigenvalue weighted by atomic mass is 35.5. The van der Waals surface area contributed by atoms with Crippen LogP contribution in [-0.4, -0.2) is 51.8 Å². The minimum Gasteiger partial charge on any atom is -0.477 e. The fourth-order valence-electron chi connectivity index (χ4n) is 2.80. The van der Waals surface area contributed by atoms with E-state index in [0.717, 1.165) is 6.07 Å². The molecule has 2 N–H and O–H groups in total. The van der Waals surface area contributed by atoms with Crippen LogP contribution in [0, 0.1) is 10.1 Å². The quantitative estimate of drug-likeness (QED) is 0.447. The minimum atomic E-state index is -1.34. The number of rotatable bonds is 4. The summed E-state index contributed by atoms with van der Waals surface area (Å²) < 4.78 is 5.23. The van der Waals surface area contributed by atoms with Crippen molar-refractivity contribution in [1.82, 2.24) is 10.3 Å². The maximum atomic E-state index is 12.0. The van der Waals surface area contributed by atoms with Gasteiger partial charge in [-0.1, -0.05) is 11.6 Å². The lowest BCUT2D eigenvalue weighted by Crippen LogP contribution is -2.49. The minimum absolute atomic E-state index is 0.0630. The van der Waals surface area contributed by atoms with Gasteiger partial charge in [0.2, 0.25) is 5.15 Å². The maximum Gasteiger partial charge on any atom is 0.407 e.